The highest BCUT2D eigenvalue weighted by Gasteiger charge is 2.36. The molecule has 0 amide bonds. The van der Waals surface area contributed by atoms with E-state index in [-0.39, 0.29) is 6.17 Å². The maximum absolute atomic E-state index is 13.3. The summed E-state index contributed by atoms with van der Waals surface area (Å²) < 4.78 is 39.9. The van der Waals surface area contributed by atoms with Crippen LogP contribution in [0.2, 0.25) is 0 Å². The molecular weight excluding hydrogens is 373 g/mol. The Morgan fingerprint density at radius 1 is 0.690 bits per heavy atom. The third-order valence-corrected chi connectivity index (χ3v) is 5.34. The Balaban J connectivity index is 1.65. The van der Waals surface area contributed by atoms with Gasteiger partial charge < -0.3 is 0 Å². The third-order valence-electron chi connectivity index (χ3n) is 5.34. The highest BCUT2D eigenvalue weighted by Crippen LogP contribution is 2.36. The molecular formula is C24H23F3N2. The van der Waals surface area contributed by atoms with Crippen molar-refractivity contribution in [2.24, 2.45) is 0 Å². The SMILES string of the molecule is FC(F)(F)c1cccc(C2N(Cc3ccccc3)CCN2Cc2ccccc2)c1. The van der Waals surface area contributed by atoms with Gasteiger partial charge in [0.1, 0.15) is 0 Å². The summed E-state index contributed by atoms with van der Waals surface area (Å²) in [6.45, 7) is 3.02. The summed E-state index contributed by atoms with van der Waals surface area (Å²) in [5.41, 5.74) is 2.41. The Morgan fingerprint density at radius 2 is 1.21 bits per heavy atom. The van der Waals surface area contributed by atoms with E-state index < -0.39 is 11.7 Å². The zero-order chi connectivity index (χ0) is 20.3. The first-order valence-electron chi connectivity index (χ1n) is 9.74. The number of hydrogen-bond donors (Lipinski definition) is 0. The molecule has 1 aliphatic heterocycles. The van der Waals surface area contributed by atoms with Crippen molar-refractivity contribution < 1.29 is 13.2 Å². The smallest absolute Gasteiger partial charge is 0.279 e. The molecule has 150 valence electrons. The number of nitrogens with zero attached hydrogens (tertiary/aromatic N) is 2. The molecule has 0 unspecified atom stereocenters. The number of rotatable bonds is 5. The summed E-state index contributed by atoms with van der Waals surface area (Å²) in [5, 5.41) is 0. The topological polar surface area (TPSA) is 6.48 Å². The summed E-state index contributed by atoms with van der Waals surface area (Å²) in [4.78, 5) is 4.52. The molecule has 4 rings (SSSR count). The Hall–Kier alpha value is -2.63. The molecule has 1 fully saturated rings. The largest absolute Gasteiger partial charge is 0.416 e. The monoisotopic (exact) mass is 396 g/mol. The van der Waals surface area contributed by atoms with Crippen molar-refractivity contribution >= 4 is 0 Å². The lowest BCUT2D eigenvalue weighted by molar-refractivity contribution is -0.137. The molecule has 0 bridgehead atoms. The lowest BCUT2D eigenvalue weighted by Crippen LogP contribution is -2.30. The van der Waals surface area contributed by atoms with Crippen LogP contribution in [0.1, 0.15) is 28.4 Å². The van der Waals surface area contributed by atoms with Crippen LogP contribution in [0.5, 0.6) is 0 Å². The van der Waals surface area contributed by atoms with Crippen LogP contribution in [-0.2, 0) is 19.3 Å². The molecule has 3 aromatic rings. The molecule has 29 heavy (non-hydrogen) atoms. The number of halogens is 3. The second-order valence-electron chi connectivity index (χ2n) is 7.41. The van der Waals surface area contributed by atoms with Crippen LogP contribution < -0.4 is 0 Å². The number of benzene rings is 3. The molecule has 3 aromatic carbocycles. The molecule has 1 heterocycles. The van der Waals surface area contributed by atoms with Crippen LogP contribution in [0.25, 0.3) is 0 Å². The normalized spacial score (nSPS) is 16.4. The van der Waals surface area contributed by atoms with E-state index in [0.29, 0.717) is 18.7 Å². The molecule has 5 heteroatoms. The van der Waals surface area contributed by atoms with Crippen LogP contribution in [0.4, 0.5) is 13.2 Å². The molecule has 1 aliphatic rings. The second kappa shape index (κ2) is 8.39. The van der Waals surface area contributed by atoms with Gasteiger partial charge in [-0.25, -0.2) is 0 Å². The Labute approximate surface area is 169 Å². The van der Waals surface area contributed by atoms with Gasteiger partial charge in [0, 0.05) is 26.2 Å². The first-order valence-corrected chi connectivity index (χ1v) is 9.74. The maximum atomic E-state index is 13.3. The molecule has 0 aliphatic carbocycles. The van der Waals surface area contributed by atoms with Gasteiger partial charge in [-0.3, -0.25) is 9.80 Å². The Kier molecular flexibility index (Phi) is 5.69. The van der Waals surface area contributed by atoms with Gasteiger partial charge in [-0.05, 0) is 28.8 Å². The molecule has 1 saturated heterocycles. The molecule has 0 saturated carbocycles. The minimum Gasteiger partial charge on any atom is -0.279 e. The second-order valence-corrected chi connectivity index (χ2v) is 7.41. The first kappa shape index (κ1) is 19.7. The van der Waals surface area contributed by atoms with E-state index in [1.165, 1.54) is 12.1 Å². The minimum absolute atomic E-state index is 0.197. The fraction of sp³-hybridized carbons (Fsp3) is 0.250. The standard InChI is InChI=1S/C24H23F3N2/c25-24(26,27)22-13-7-12-21(16-22)23-28(17-19-8-3-1-4-9-19)14-15-29(23)18-20-10-5-2-6-11-20/h1-13,16,23H,14-15,17-18H2. The van der Waals surface area contributed by atoms with Crippen molar-refractivity contribution in [2.45, 2.75) is 25.4 Å². The van der Waals surface area contributed by atoms with Crippen LogP contribution in [0.15, 0.2) is 84.9 Å². The Morgan fingerprint density at radius 3 is 1.69 bits per heavy atom. The molecule has 0 atom stereocenters. The van der Waals surface area contributed by atoms with Crippen molar-refractivity contribution in [1.82, 2.24) is 9.80 Å². The average Bonchev–Trinajstić information content (AvgIpc) is 3.11. The van der Waals surface area contributed by atoms with E-state index in [2.05, 4.69) is 34.1 Å². The molecule has 0 aromatic heterocycles. The maximum Gasteiger partial charge on any atom is 0.416 e. The van der Waals surface area contributed by atoms with E-state index >= 15 is 0 Å². The van der Waals surface area contributed by atoms with Crippen LogP contribution >= 0.6 is 0 Å². The van der Waals surface area contributed by atoms with Crippen molar-refractivity contribution in [3.8, 4) is 0 Å². The van der Waals surface area contributed by atoms with Crippen LogP contribution in [0, 0.1) is 0 Å². The van der Waals surface area contributed by atoms with Crippen molar-refractivity contribution in [1.29, 1.82) is 0 Å². The van der Waals surface area contributed by atoms with E-state index in [1.54, 1.807) is 6.07 Å². The van der Waals surface area contributed by atoms with Gasteiger partial charge in [0.25, 0.3) is 0 Å². The molecule has 0 spiro atoms. The predicted octanol–water partition coefficient (Wildman–Crippen LogP) is 5.72. The summed E-state index contributed by atoms with van der Waals surface area (Å²) in [5.74, 6) is 0. The van der Waals surface area contributed by atoms with Gasteiger partial charge in [-0.2, -0.15) is 13.2 Å². The minimum atomic E-state index is -4.34. The van der Waals surface area contributed by atoms with E-state index in [1.807, 2.05) is 36.4 Å². The predicted molar refractivity (Wildman–Crippen MR) is 108 cm³/mol. The zero-order valence-corrected chi connectivity index (χ0v) is 16.0. The molecule has 2 nitrogen and oxygen atoms in total. The van der Waals surface area contributed by atoms with Gasteiger partial charge in [-0.1, -0.05) is 72.8 Å². The van der Waals surface area contributed by atoms with Crippen LogP contribution in [-0.4, -0.2) is 22.9 Å². The number of hydrogen-bond acceptors (Lipinski definition) is 2. The third kappa shape index (κ3) is 4.69. The lowest BCUT2D eigenvalue weighted by Gasteiger charge is -2.31. The lowest BCUT2D eigenvalue weighted by atomic mass is 10.1. The van der Waals surface area contributed by atoms with Gasteiger partial charge in [-0.15, -0.1) is 0 Å². The summed E-state index contributed by atoms with van der Waals surface area (Å²) in [6, 6.07) is 25.9. The van der Waals surface area contributed by atoms with Crippen molar-refractivity contribution in [3.63, 3.8) is 0 Å². The van der Waals surface area contributed by atoms with E-state index in [0.717, 1.165) is 30.3 Å². The fourth-order valence-corrected chi connectivity index (χ4v) is 4.00. The van der Waals surface area contributed by atoms with E-state index in [9.17, 15) is 13.2 Å². The Bertz CT molecular complexity index is 876. The van der Waals surface area contributed by atoms with Gasteiger partial charge in [0.2, 0.25) is 0 Å². The van der Waals surface area contributed by atoms with Crippen LogP contribution in [0.3, 0.4) is 0 Å². The quantitative estimate of drug-likeness (QED) is 0.544. The van der Waals surface area contributed by atoms with Gasteiger partial charge in [0.05, 0.1) is 11.7 Å². The van der Waals surface area contributed by atoms with Gasteiger partial charge >= 0.3 is 6.18 Å². The molecule has 0 N–H and O–H groups in total. The van der Waals surface area contributed by atoms with Crippen molar-refractivity contribution in [3.05, 3.63) is 107 Å². The van der Waals surface area contributed by atoms with E-state index in [4.69, 9.17) is 0 Å². The zero-order valence-electron chi connectivity index (χ0n) is 16.0. The number of alkyl halides is 3. The fourth-order valence-electron chi connectivity index (χ4n) is 4.00. The van der Waals surface area contributed by atoms with Gasteiger partial charge in [0.15, 0.2) is 0 Å². The van der Waals surface area contributed by atoms with Crippen molar-refractivity contribution in [2.75, 3.05) is 13.1 Å². The summed E-state index contributed by atoms with van der Waals surface area (Å²) in [6.07, 6.45) is -4.54. The summed E-state index contributed by atoms with van der Waals surface area (Å²) in [7, 11) is 0. The average molecular weight is 396 g/mol. The molecule has 0 radical (unpaired) electrons. The highest BCUT2D eigenvalue weighted by molar-refractivity contribution is 5.29. The summed E-state index contributed by atoms with van der Waals surface area (Å²) >= 11 is 0. The highest BCUT2D eigenvalue weighted by atomic mass is 19.4. The first-order chi connectivity index (χ1) is 14.0.